The molecular weight excluding hydrogens is 262 g/mol. The van der Waals surface area contributed by atoms with Crippen molar-refractivity contribution in [2.45, 2.75) is 39.2 Å². The van der Waals surface area contributed by atoms with Crippen LogP contribution < -0.4 is 0 Å². The first-order chi connectivity index (χ1) is 9.83. The first-order valence-corrected chi connectivity index (χ1v) is 7.43. The average Bonchev–Trinajstić information content (AvgIpc) is 2.45. The molecule has 1 N–H and O–H groups in total. The smallest absolute Gasteiger partial charge is 0.225 e. The third kappa shape index (κ3) is 6.13. The minimum Gasteiger partial charge on any atom is -0.392 e. The van der Waals surface area contributed by atoms with Gasteiger partial charge in [0, 0.05) is 25.9 Å². The standard InChI is InChI=1S/C18H27NO2/c1-18(2,14-8-11-17(21)19(3)4)16(20)13-12-15-9-6-5-7-10-15/h5-10,14,16,20H,11-13H2,1-4H3/b14-8+/t16-/m1/s1. The number of carbonyl (C=O) groups is 1. The summed E-state index contributed by atoms with van der Waals surface area (Å²) in [4.78, 5) is 13.1. The van der Waals surface area contributed by atoms with E-state index in [-0.39, 0.29) is 11.3 Å². The normalized spacial score (nSPS) is 13.4. The highest BCUT2D eigenvalue weighted by Crippen LogP contribution is 2.26. The number of nitrogens with zero attached hydrogens (tertiary/aromatic N) is 1. The molecule has 1 aromatic carbocycles. The topological polar surface area (TPSA) is 40.5 Å². The molecule has 0 saturated heterocycles. The summed E-state index contributed by atoms with van der Waals surface area (Å²) in [6.45, 7) is 4.00. The molecule has 0 aliphatic rings. The Morgan fingerprint density at radius 3 is 2.48 bits per heavy atom. The van der Waals surface area contributed by atoms with Gasteiger partial charge < -0.3 is 10.0 Å². The van der Waals surface area contributed by atoms with Crippen molar-refractivity contribution in [2.75, 3.05) is 14.1 Å². The van der Waals surface area contributed by atoms with Crippen molar-refractivity contribution in [3.05, 3.63) is 48.0 Å². The van der Waals surface area contributed by atoms with Gasteiger partial charge in [-0.3, -0.25) is 4.79 Å². The molecule has 1 atom stereocenters. The van der Waals surface area contributed by atoms with Gasteiger partial charge in [-0.15, -0.1) is 0 Å². The second-order valence-corrected chi connectivity index (χ2v) is 6.26. The van der Waals surface area contributed by atoms with Gasteiger partial charge in [0.05, 0.1) is 6.10 Å². The summed E-state index contributed by atoms with van der Waals surface area (Å²) < 4.78 is 0. The van der Waals surface area contributed by atoms with Crippen molar-refractivity contribution >= 4 is 5.91 Å². The van der Waals surface area contributed by atoms with Crippen LogP contribution in [0.2, 0.25) is 0 Å². The van der Waals surface area contributed by atoms with Crippen LogP contribution in [0.4, 0.5) is 0 Å². The largest absolute Gasteiger partial charge is 0.392 e. The Kier molecular flexibility index (Phi) is 6.63. The summed E-state index contributed by atoms with van der Waals surface area (Å²) >= 11 is 0. The summed E-state index contributed by atoms with van der Waals surface area (Å²) in [5, 5.41) is 10.4. The molecule has 0 aromatic heterocycles. The van der Waals surface area contributed by atoms with Crippen molar-refractivity contribution in [3.8, 4) is 0 Å². The minimum atomic E-state index is -0.427. The van der Waals surface area contributed by atoms with Crippen molar-refractivity contribution < 1.29 is 9.90 Å². The van der Waals surface area contributed by atoms with Gasteiger partial charge in [0.2, 0.25) is 5.91 Å². The van der Waals surface area contributed by atoms with Crippen molar-refractivity contribution in [1.29, 1.82) is 0 Å². The zero-order valence-electron chi connectivity index (χ0n) is 13.5. The monoisotopic (exact) mass is 289 g/mol. The lowest BCUT2D eigenvalue weighted by molar-refractivity contribution is -0.127. The molecule has 0 saturated carbocycles. The van der Waals surface area contributed by atoms with E-state index in [1.54, 1.807) is 19.0 Å². The molecule has 0 spiro atoms. The fraction of sp³-hybridized carbons (Fsp3) is 0.500. The molecule has 1 aromatic rings. The molecule has 1 amide bonds. The van der Waals surface area contributed by atoms with E-state index in [2.05, 4.69) is 12.1 Å². The molecule has 116 valence electrons. The Bertz CT molecular complexity index is 463. The lowest BCUT2D eigenvalue weighted by Gasteiger charge is -2.27. The zero-order valence-corrected chi connectivity index (χ0v) is 13.5. The van der Waals surface area contributed by atoms with E-state index < -0.39 is 6.10 Å². The first kappa shape index (κ1) is 17.4. The maximum Gasteiger partial charge on any atom is 0.225 e. The van der Waals surface area contributed by atoms with Gasteiger partial charge in [-0.2, -0.15) is 0 Å². The number of aliphatic hydroxyl groups excluding tert-OH is 1. The lowest BCUT2D eigenvalue weighted by Crippen LogP contribution is -2.28. The molecule has 0 radical (unpaired) electrons. The van der Waals surface area contributed by atoms with Gasteiger partial charge >= 0.3 is 0 Å². The Balaban J connectivity index is 2.49. The maximum atomic E-state index is 11.5. The van der Waals surface area contributed by atoms with E-state index in [1.807, 2.05) is 44.2 Å². The molecule has 0 fully saturated rings. The van der Waals surface area contributed by atoms with Gasteiger partial charge in [-0.25, -0.2) is 0 Å². The van der Waals surface area contributed by atoms with Crippen LogP contribution in [0.25, 0.3) is 0 Å². The van der Waals surface area contributed by atoms with E-state index in [1.165, 1.54) is 5.56 Å². The summed E-state index contributed by atoms with van der Waals surface area (Å²) in [5.41, 5.74) is 0.903. The zero-order chi connectivity index (χ0) is 15.9. The Morgan fingerprint density at radius 2 is 1.90 bits per heavy atom. The fourth-order valence-corrected chi connectivity index (χ4v) is 2.08. The van der Waals surface area contributed by atoms with Crippen LogP contribution in [0.1, 0.15) is 32.3 Å². The number of aryl methyl sites for hydroxylation is 1. The molecule has 1 rings (SSSR count). The van der Waals surface area contributed by atoms with Crippen LogP contribution in [-0.2, 0) is 11.2 Å². The summed E-state index contributed by atoms with van der Waals surface area (Å²) in [7, 11) is 3.49. The highest BCUT2D eigenvalue weighted by Gasteiger charge is 2.24. The molecule has 3 nitrogen and oxygen atoms in total. The molecule has 3 heteroatoms. The highest BCUT2D eigenvalue weighted by atomic mass is 16.3. The second kappa shape index (κ2) is 7.99. The van der Waals surface area contributed by atoms with Gasteiger partial charge in [0.15, 0.2) is 0 Å². The highest BCUT2D eigenvalue weighted by molar-refractivity contribution is 5.77. The molecule has 21 heavy (non-hydrogen) atoms. The van der Waals surface area contributed by atoms with Crippen molar-refractivity contribution in [2.24, 2.45) is 5.41 Å². The number of amides is 1. The predicted octanol–water partition coefficient (Wildman–Crippen LogP) is 3.04. The van der Waals surface area contributed by atoms with E-state index >= 15 is 0 Å². The van der Waals surface area contributed by atoms with Gasteiger partial charge in [-0.05, 0) is 18.4 Å². The SMILES string of the molecule is CN(C)C(=O)C/C=C/C(C)(C)[C@H](O)CCc1ccccc1. The summed E-state index contributed by atoms with van der Waals surface area (Å²) in [6.07, 6.45) is 5.32. The van der Waals surface area contributed by atoms with Crippen LogP contribution >= 0.6 is 0 Å². The molecular formula is C18H27NO2. The molecule has 0 heterocycles. The van der Waals surface area contributed by atoms with E-state index in [0.29, 0.717) is 12.8 Å². The van der Waals surface area contributed by atoms with E-state index in [4.69, 9.17) is 0 Å². The van der Waals surface area contributed by atoms with E-state index in [0.717, 1.165) is 6.42 Å². The predicted molar refractivity (Wildman–Crippen MR) is 87.0 cm³/mol. The summed E-state index contributed by atoms with van der Waals surface area (Å²) in [6, 6.07) is 10.2. The number of hydrogen-bond donors (Lipinski definition) is 1. The third-order valence-electron chi connectivity index (χ3n) is 3.75. The van der Waals surface area contributed by atoms with Crippen LogP contribution in [0, 0.1) is 5.41 Å². The summed E-state index contributed by atoms with van der Waals surface area (Å²) in [5.74, 6) is 0.0702. The number of benzene rings is 1. The Morgan fingerprint density at radius 1 is 1.29 bits per heavy atom. The lowest BCUT2D eigenvalue weighted by atomic mass is 9.83. The number of rotatable bonds is 7. The van der Waals surface area contributed by atoms with Crippen LogP contribution in [0.15, 0.2) is 42.5 Å². The van der Waals surface area contributed by atoms with Gasteiger partial charge in [0.1, 0.15) is 0 Å². The molecule has 0 aliphatic carbocycles. The number of hydrogen-bond acceptors (Lipinski definition) is 2. The Labute approximate surface area is 128 Å². The average molecular weight is 289 g/mol. The molecule has 0 aliphatic heterocycles. The molecule has 0 unspecified atom stereocenters. The maximum absolute atomic E-state index is 11.5. The van der Waals surface area contributed by atoms with Crippen LogP contribution in [0.3, 0.4) is 0 Å². The fourth-order valence-electron chi connectivity index (χ4n) is 2.08. The minimum absolute atomic E-state index is 0.0702. The van der Waals surface area contributed by atoms with Gasteiger partial charge in [-0.1, -0.05) is 56.3 Å². The van der Waals surface area contributed by atoms with Crippen molar-refractivity contribution in [1.82, 2.24) is 4.90 Å². The van der Waals surface area contributed by atoms with Gasteiger partial charge in [0.25, 0.3) is 0 Å². The third-order valence-corrected chi connectivity index (χ3v) is 3.75. The van der Waals surface area contributed by atoms with E-state index in [9.17, 15) is 9.90 Å². The number of carbonyl (C=O) groups excluding carboxylic acids is 1. The second-order valence-electron chi connectivity index (χ2n) is 6.26. The Hall–Kier alpha value is -1.61. The first-order valence-electron chi connectivity index (χ1n) is 7.43. The van der Waals surface area contributed by atoms with Crippen LogP contribution in [0.5, 0.6) is 0 Å². The number of aliphatic hydroxyl groups is 1. The van der Waals surface area contributed by atoms with Crippen LogP contribution in [-0.4, -0.2) is 36.1 Å². The molecule has 0 bridgehead atoms. The quantitative estimate of drug-likeness (QED) is 0.784. The van der Waals surface area contributed by atoms with Crippen molar-refractivity contribution in [3.63, 3.8) is 0 Å².